The summed E-state index contributed by atoms with van der Waals surface area (Å²) in [4.78, 5) is 40.9. The average Bonchev–Trinajstić information content (AvgIpc) is 3.25. The second-order valence-electron chi connectivity index (χ2n) is 8.35. The number of rotatable bonds is 3. The highest BCUT2D eigenvalue weighted by Gasteiger charge is 2.50. The number of halogens is 1. The number of hydrogen-bond donors (Lipinski definition) is 4. The van der Waals surface area contributed by atoms with Gasteiger partial charge in [0.1, 0.15) is 17.8 Å². The average molecular weight is 441 g/mol. The van der Waals surface area contributed by atoms with Gasteiger partial charge < -0.3 is 25.7 Å². The van der Waals surface area contributed by atoms with Crippen LogP contribution in [0.3, 0.4) is 0 Å². The zero-order chi connectivity index (χ0) is 23.0. The Morgan fingerprint density at radius 2 is 1.75 bits per heavy atom. The minimum Gasteiger partial charge on any atom is -0.504 e. The van der Waals surface area contributed by atoms with Crippen LogP contribution in [0.5, 0.6) is 11.5 Å². The van der Waals surface area contributed by atoms with Crippen LogP contribution in [0.25, 0.3) is 0 Å². The van der Waals surface area contributed by atoms with Gasteiger partial charge in [-0.1, -0.05) is 12.8 Å². The van der Waals surface area contributed by atoms with Crippen LogP contribution in [0.15, 0.2) is 36.4 Å². The summed E-state index contributed by atoms with van der Waals surface area (Å²) in [6.45, 7) is 1.55. The molecule has 0 spiro atoms. The molecule has 0 radical (unpaired) electrons. The molecule has 1 atom stereocenters. The summed E-state index contributed by atoms with van der Waals surface area (Å²) in [6, 6.07) is 7.28. The van der Waals surface area contributed by atoms with Crippen LogP contribution < -0.4 is 10.6 Å². The summed E-state index contributed by atoms with van der Waals surface area (Å²) in [7, 11) is 0. The molecule has 4 N–H and O–H groups in total. The minimum absolute atomic E-state index is 0.123. The van der Waals surface area contributed by atoms with Crippen molar-refractivity contribution in [2.24, 2.45) is 0 Å². The molecule has 1 fully saturated rings. The molecule has 2 aliphatic rings. The number of carbonyl (C=O) groups is 3. The third kappa shape index (κ3) is 3.74. The van der Waals surface area contributed by atoms with E-state index < -0.39 is 47.0 Å². The number of nitrogens with one attached hydrogen (secondary N) is 2. The number of benzene rings is 2. The number of aromatic hydroxyl groups is 2. The van der Waals surface area contributed by atoms with Crippen LogP contribution in [0.4, 0.5) is 15.8 Å². The van der Waals surface area contributed by atoms with E-state index >= 15 is 0 Å². The maximum Gasteiger partial charge on any atom is 0.254 e. The van der Waals surface area contributed by atoms with Crippen molar-refractivity contribution in [3.63, 3.8) is 0 Å². The van der Waals surface area contributed by atoms with E-state index in [9.17, 15) is 29.0 Å². The minimum atomic E-state index is -1.63. The topological polar surface area (TPSA) is 119 Å². The van der Waals surface area contributed by atoms with Gasteiger partial charge in [0, 0.05) is 23.4 Å². The predicted octanol–water partition coefficient (Wildman–Crippen LogP) is 3.20. The Morgan fingerprint density at radius 3 is 2.41 bits per heavy atom. The Balaban J connectivity index is 1.89. The Morgan fingerprint density at radius 1 is 1.12 bits per heavy atom. The Labute approximate surface area is 184 Å². The fraction of sp³-hybridized carbons (Fsp3) is 0.348. The van der Waals surface area contributed by atoms with E-state index in [2.05, 4.69) is 10.6 Å². The SMILES string of the molecule is CC1(C(=O)Nc2ccc(F)cc2)c2cc(O)c(O)cc2NC(=O)CC(=O)N1C1CCCC1. The second kappa shape index (κ2) is 8.14. The molecule has 2 aromatic rings. The molecule has 8 nitrogen and oxygen atoms in total. The quantitative estimate of drug-likeness (QED) is 0.331. The van der Waals surface area contributed by atoms with E-state index in [0.29, 0.717) is 18.5 Å². The molecule has 3 amide bonds. The molecule has 1 aliphatic carbocycles. The van der Waals surface area contributed by atoms with Gasteiger partial charge in [0.25, 0.3) is 5.91 Å². The number of phenolic OH excluding ortho intramolecular Hbond substituents is 2. The van der Waals surface area contributed by atoms with Gasteiger partial charge in [-0.25, -0.2) is 4.39 Å². The van der Waals surface area contributed by atoms with Crippen molar-refractivity contribution >= 4 is 29.1 Å². The first-order valence-corrected chi connectivity index (χ1v) is 10.5. The second-order valence-corrected chi connectivity index (χ2v) is 8.35. The Hall–Kier alpha value is -3.62. The summed E-state index contributed by atoms with van der Waals surface area (Å²) in [5.41, 5.74) is -1.01. The molecule has 4 rings (SSSR count). The van der Waals surface area contributed by atoms with Gasteiger partial charge in [0.05, 0.1) is 5.69 Å². The Kier molecular flexibility index (Phi) is 5.50. The van der Waals surface area contributed by atoms with Crippen LogP contribution in [0.2, 0.25) is 0 Å². The highest BCUT2D eigenvalue weighted by molar-refractivity contribution is 6.10. The number of phenols is 2. The van der Waals surface area contributed by atoms with Gasteiger partial charge in [-0.2, -0.15) is 0 Å². The van der Waals surface area contributed by atoms with Gasteiger partial charge >= 0.3 is 0 Å². The maximum atomic E-state index is 13.7. The highest BCUT2D eigenvalue weighted by atomic mass is 19.1. The summed E-state index contributed by atoms with van der Waals surface area (Å²) in [6.07, 6.45) is 2.64. The summed E-state index contributed by atoms with van der Waals surface area (Å²) < 4.78 is 13.3. The molecule has 1 heterocycles. The molecule has 1 saturated carbocycles. The molecule has 9 heteroatoms. The van der Waals surface area contributed by atoms with Crippen molar-refractivity contribution in [2.75, 3.05) is 10.6 Å². The number of hydrogen-bond acceptors (Lipinski definition) is 5. The van der Waals surface area contributed by atoms with Crippen LogP contribution in [-0.4, -0.2) is 38.9 Å². The molecule has 1 unspecified atom stereocenters. The molecule has 2 aromatic carbocycles. The van der Waals surface area contributed by atoms with E-state index in [1.807, 2.05) is 0 Å². The smallest absolute Gasteiger partial charge is 0.254 e. The van der Waals surface area contributed by atoms with Crippen LogP contribution in [0, 0.1) is 5.82 Å². The molecule has 0 bridgehead atoms. The lowest BCUT2D eigenvalue weighted by Gasteiger charge is -2.45. The van der Waals surface area contributed by atoms with Crippen LogP contribution in [0.1, 0.15) is 44.6 Å². The standard InChI is InChI=1S/C23H24FN3O5/c1-23(22(32)25-14-8-6-13(24)7-9-14)16-10-18(28)19(29)11-17(16)26-20(30)12-21(31)27(23)15-4-2-3-5-15/h6-11,15,28-29H,2-5,12H2,1H3,(H,25,32)(H,26,30). The normalized spacial score (nSPS) is 21.5. The first-order chi connectivity index (χ1) is 15.2. The first kappa shape index (κ1) is 21.6. The molecule has 0 saturated heterocycles. The molecule has 168 valence electrons. The zero-order valence-electron chi connectivity index (χ0n) is 17.5. The van der Waals surface area contributed by atoms with E-state index in [0.717, 1.165) is 18.9 Å². The number of anilines is 2. The third-order valence-corrected chi connectivity index (χ3v) is 6.21. The zero-order valence-corrected chi connectivity index (χ0v) is 17.5. The van der Waals surface area contributed by atoms with Crippen molar-refractivity contribution < 1.29 is 29.0 Å². The van der Waals surface area contributed by atoms with E-state index in [4.69, 9.17) is 0 Å². The third-order valence-electron chi connectivity index (χ3n) is 6.21. The van der Waals surface area contributed by atoms with Crippen LogP contribution >= 0.6 is 0 Å². The lowest BCUT2D eigenvalue weighted by molar-refractivity contribution is -0.150. The van der Waals surface area contributed by atoms with Crippen molar-refractivity contribution in [3.8, 4) is 11.5 Å². The number of fused-ring (bicyclic) bond motifs is 1. The highest BCUT2D eigenvalue weighted by Crippen LogP contribution is 2.44. The molecule has 0 aromatic heterocycles. The van der Waals surface area contributed by atoms with Gasteiger partial charge in [-0.05, 0) is 50.1 Å². The van der Waals surface area contributed by atoms with E-state index in [1.165, 1.54) is 35.2 Å². The van der Waals surface area contributed by atoms with Crippen molar-refractivity contribution in [3.05, 3.63) is 47.8 Å². The van der Waals surface area contributed by atoms with Gasteiger partial charge in [-0.15, -0.1) is 0 Å². The fourth-order valence-electron chi connectivity index (χ4n) is 4.63. The number of carbonyl (C=O) groups excluding carboxylic acids is 3. The predicted molar refractivity (Wildman–Crippen MR) is 115 cm³/mol. The molecule has 1 aliphatic heterocycles. The molecular formula is C23H24FN3O5. The van der Waals surface area contributed by atoms with Gasteiger partial charge in [0.15, 0.2) is 11.5 Å². The lowest BCUT2D eigenvalue weighted by Crippen LogP contribution is -2.59. The van der Waals surface area contributed by atoms with Crippen molar-refractivity contribution in [1.29, 1.82) is 0 Å². The monoisotopic (exact) mass is 441 g/mol. The van der Waals surface area contributed by atoms with E-state index in [-0.39, 0.29) is 17.3 Å². The van der Waals surface area contributed by atoms with Crippen molar-refractivity contribution in [1.82, 2.24) is 4.90 Å². The largest absolute Gasteiger partial charge is 0.504 e. The van der Waals surface area contributed by atoms with Crippen molar-refractivity contribution in [2.45, 2.75) is 50.6 Å². The fourth-order valence-corrected chi connectivity index (χ4v) is 4.63. The van der Waals surface area contributed by atoms with Crippen LogP contribution in [-0.2, 0) is 19.9 Å². The van der Waals surface area contributed by atoms with Gasteiger partial charge in [0.2, 0.25) is 11.8 Å². The molecule has 32 heavy (non-hydrogen) atoms. The van der Waals surface area contributed by atoms with E-state index in [1.54, 1.807) is 6.92 Å². The first-order valence-electron chi connectivity index (χ1n) is 10.5. The Bertz CT molecular complexity index is 1080. The maximum absolute atomic E-state index is 13.7. The number of nitrogens with zero attached hydrogens (tertiary/aromatic N) is 1. The number of amides is 3. The molecular weight excluding hydrogens is 417 g/mol. The summed E-state index contributed by atoms with van der Waals surface area (Å²) >= 11 is 0. The lowest BCUT2D eigenvalue weighted by atomic mass is 9.84. The summed E-state index contributed by atoms with van der Waals surface area (Å²) in [5, 5.41) is 25.5. The summed E-state index contributed by atoms with van der Waals surface area (Å²) in [5.74, 6) is -3.10. The van der Waals surface area contributed by atoms with Gasteiger partial charge in [-0.3, -0.25) is 14.4 Å².